The summed E-state index contributed by atoms with van der Waals surface area (Å²) in [5.74, 6) is -0.695. The third kappa shape index (κ3) is 10.3. The van der Waals surface area contributed by atoms with Gasteiger partial charge in [0.05, 0.1) is 35.5 Å². The SMILES string of the molecule is CC(=O)c1cc(CP(=O)(OCOC(=O)C(C)(C)C)OCOC(=O)C(C)(C)C)ccc1OCCCCn1cnc2c(N)ncnc21. The van der Waals surface area contributed by atoms with Crippen molar-refractivity contribution in [2.45, 2.75) is 74.0 Å². The van der Waals surface area contributed by atoms with Crippen molar-refractivity contribution in [1.82, 2.24) is 19.5 Å². The predicted molar refractivity (Wildman–Crippen MR) is 165 cm³/mol. The van der Waals surface area contributed by atoms with E-state index >= 15 is 0 Å². The molecule has 0 saturated heterocycles. The highest BCUT2D eigenvalue weighted by molar-refractivity contribution is 7.53. The Morgan fingerprint density at radius 3 is 2.11 bits per heavy atom. The van der Waals surface area contributed by atoms with Gasteiger partial charge < -0.3 is 24.5 Å². The second-order valence-corrected chi connectivity index (χ2v) is 14.5. The lowest BCUT2D eigenvalue weighted by molar-refractivity contribution is -0.162. The summed E-state index contributed by atoms with van der Waals surface area (Å²) in [6, 6.07) is 4.78. The largest absolute Gasteiger partial charge is 0.493 e. The van der Waals surface area contributed by atoms with Crippen molar-refractivity contribution in [3.05, 3.63) is 42.0 Å². The minimum Gasteiger partial charge on any atom is -0.493 e. The lowest BCUT2D eigenvalue weighted by Gasteiger charge is -2.22. The number of unbranched alkanes of at least 4 members (excludes halogenated alkanes) is 1. The molecule has 0 spiro atoms. The van der Waals surface area contributed by atoms with Gasteiger partial charge in [-0.2, -0.15) is 0 Å². The molecule has 0 unspecified atom stereocenters. The smallest absolute Gasteiger partial charge is 0.340 e. The standard InChI is InChI=1S/C30H42N5O9P/c1-20(36)22-14-21(10-11-23(22)40-13-9-8-12-35-17-34-24-25(31)32-16-33-26(24)35)15-45(39,43-18-41-27(37)29(2,3)4)44-19-42-28(38)30(5,6)7/h10-11,14,16-17H,8-9,12-13,15,18-19H2,1-7H3,(H2,31,32,33). The molecule has 14 nitrogen and oxygen atoms in total. The molecule has 3 rings (SSSR count). The molecule has 0 atom stereocenters. The number of fused-ring (bicyclic) bond motifs is 1. The van der Waals surface area contributed by atoms with Gasteiger partial charge in [-0.05, 0) is 79.0 Å². The first-order valence-corrected chi connectivity index (χ1v) is 16.1. The number of rotatable bonds is 15. The van der Waals surface area contributed by atoms with E-state index in [1.165, 1.54) is 13.3 Å². The van der Waals surface area contributed by atoms with Gasteiger partial charge in [-0.3, -0.25) is 28.0 Å². The van der Waals surface area contributed by atoms with Gasteiger partial charge in [0.1, 0.15) is 17.6 Å². The number of hydrogen-bond donors (Lipinski definition) is 1. The first-order chi connectivity index (χ1) is 21.0. The zero-order valence-electron chi connectivity index (χ0n) is 26.8. The van der Waals surface area contributed by atoms with Gasteiger partial charge in [-0.1, -0.05) is 6.07 Å². The summed E-state index contributed by atoms with van der Waals surface area (Å²) in [6.07, 6.45) is 4.20. The summed E-state index contributed by atoms with van der Waals surface area (Å²) in [7, 11) is -4.03. The molecule has 0 saturated carbocycles. The maximum atomic E-state index is 13.7. The Bertz CT molecular complexity index is 1520. The fourth-order valence-electron chi connectivity index (χ4n) is 3.81. The summed E-state index contributed by atoms with van der Waals surface area (Å²) in [4.78, 5) is 49.3. The average molecular weight is 648 g/mol. The van der Waals surface area contributed by atoms with Crippen LogP contribution in [0.3, 0.4) is 0 Å². The second-order valence-electron chi connectivity index (χ2n) is 12.4. The van der Waals surface area contributed by atoms with Crippen LogP contribution in [0.4, 0.5) is 5.82 Å². The molecular weight excluding hydrogens is 605 g/mol. The number of hydrogen-bond acceptors (Lipinski definition) is 13. The topological polar surface area (TPSA) is 184 Å². The number of ether oxygens (including phenoxy) is 3. The number of aromatic nitrogens is 4. The molecule has 15 heteroatoms. The number of aryl methyl sites for hydroxylation is 1. The van der Waals surface area contributed by atoms with E-state index in [2.05, 4.69) is 15.0 Å². The van der Waals surface area contributed by atoms with E-state index < -0.39 is 44.0 Å². The number of ketones is 1. The van der Waals surface area contributed by atoms with Crippen LogP contribution in [0.15, 0.2) is 30.9 Å². The van der Waals surface area contributed by atoms with E-state index in [1.807, 2.05) is 4.57 Å². The summed E-state index contributed by atoms with van der Waals surface area (Å²) in [5, 5.41) is 0. The quantitative estimate of drug-likeness (QED) is 0.0738. The van der Waals surface area contributed by atoms with E-state index in [1.54, 1.807) is 66.1 Å². The summed E-state index contributed by atoms with van der Waals surface area (Å²) in [5.41, 5.74) is 6.16. The van der Waals surface area contributed by atoms with Crippen LogP contribution in [0.1, 0.15) is 77.2 Å². The highest BCUT2D eigenvalue weighted by Gasteiger charge is 2.31. The molecule has 45 heavy (non-hydrogen) atoms. The zero-order chi connectivity index (χ0) is 33.4. The Morgan fingerprint density at radius 2 is 1.53 bits per heavy atom. The van der Waals surface area contributed by atoms with Crippen molar-refractivity contribution in [3.8, 4) is 5.75 Å². The first kappa shape index (κ1) is 35.6. The summed E-state index contributed by atoms with van der Waals surface area (Å²) < 4.78 is 42.5. The first-order valence-electron chi connectivity index (χ1n) is 14.4. The van der Waals surface area contributed by atoms with Gasteiger partial charge in [0, 0.05) is 6.54 Å². The molecule has 0 aliphatic carbocycles. The van der Waals surface area contributed by atoms with Crippen LogP contribution in [0.5, 0.6) is 5.75 Å². The molecule has 2 aromatic heterocycles. The number of anilines is 1. The molecule has 0 amide bonds. The van der Waals surface area contributed by atoms with Gasteiger partial charge in [0.15, 0.2) is 17.2 Å². The Morgan fingerprint density at radius 1 is 0.911 bits per heavy atom. The van der Waals surface area contributed by atoms with Crippen molar-refractivity contribution < 1.29 is 42.2 Å². The van der Waals surface area contributed by atoms with Gasteiger partial charge in [-0.15, -0.1) is 0 Å². The number of imidazole rings is 1. The van der Waals surface area contributed by atoms with Gasteiger partial charge >= 0.3 is 19.5 Å². The maximum Gasteiger partial charge on any atom is 0.340 e. The number of Topliss-reactive ketones (excluding diaryl/α,β-unsaturated/α-hetero) is 1. The zero-order valence-corrected chi connectivity index (χ0v) is 27.7. The Hall–Kier alpha value is -3.87. The predicted octanol–water partition coefficient (Wildman–Crippen LogP) is 5.29. The summed E-state index contributed by atoms with van der Waals surface area (Å²) in [6.45, 7) is 11.1. The number of nitrogens with zero attached hydrogens (tertiary/aromatic N) is 4. The van der Waals surface area contributed by atoms with Crippen LogP contribution in [0.25, 0.3) is 11.2 Å². The van der Waals surface area contributed by atoms with Crippen LogP contribution >= 0.6 is 7.60 Å². The molecule has 3 aromatic rings. The molecule has 0 bridgehead atoms. The number of esters is 2. The van der Waals surface area contributed by atoms with Gasteiger partial charge in [0.2, 0.25) is 13.6 Å². The third-order valence-electron chi connectivity index (χ3n) is 6.38. The van der Waals surface area contributed by atoms with Crippen molar-refractivity contribution in [1.29, 1.82) is 0 Å². The highest BCUT2D eigenvalue weighted by atomic mass is 31.2. The number of carbonyl (C=O) groups excluding carboxylic acids is 3. The van der Waals surface area contributed by atoms with Crippen molar-refractivity contribution in [3.63, 3.8) is 0 Å². The van der Waals surface area contributed by atoms with Crippen molar-refractivity contribution in [2.24, 2.45) is 10.8 Å². The normalized spacial score (nSPS) is 12.2. The van der Waals surface area contributed by atoms with Crippen molar-refractivity contribution in [2.75, 3.05) is 25.9 Å². The molecular formula is C30H42N5O9P. The molecule has 0 radical (unpaired) electrons. The molecule has 0 fully saturated rings. The van der Waals surface area contributed by atoms with Crippen LogP contribution in [0.2, 0.25) is 0 Å². The lowest BCUT2D eigenvalue weighted by Crippen LogP contribution is -2.25. The number of nitrogen functional groups attached to an aromatic ring is 1. The molecule has 2 N–H and O–H groups in total. The molecule has 246 valence electrons. The number of nitrogens with two attached hydrogens (primary N) is 1. The van der Waals surface area contributed by atoms with Gasteiger partial charge in [0.25, 0.3) is 0 Å². The fourth-order valence-corrected chi connectivity index (χ4v) is 5.14. The fraction of sp³-hybridized carbons (Fsp3) is 0.533. The maximum absolute atomic E-state index is 13.7. The average Bonchev–Trinajstić information content (AvgIpc) is 3.36. The van der Waals surface area contributed by atoms with E-state index in [9.17, 15) is 18.9 Å². The molecule has 1 aromatic carbocycles. The Kier molecular flexibility index (Phi) is 11.8. The van der Waals surface area contributed by atoms with Crippen LogP contribution in [-0.2, 0) is 45.4 Å². The lowest BCUT2D eigenvalue weighted by atomic mass is 9.98. The minimum absolute atomic E-state index is 0.260. The third-order valence-corrected chi connectivity index (χ3v) is 8.13. The Labute approximate surface area is 262 Å². The van der Waals surface area contributed by atoms with Crippen LogP contribution < -0.4 is 10.5 Å². The number of carbonyl (C=O) groups is 3. The van der Waals surface area contributed by atoms with Gasteiger partial charge in [-0.25, -0.2) is 15.0 Å². The van der Waals surface area contributed by atoms with E-state index in [0.717, 1.165) is 6.42 Å². The summed E-state index contributed by atoms with van der Waals surface area (Å²) >= 11 is 0. The number of benzene rings is 1. The minimum atomic E-state index is -4.03. The Balaban J connectivity index is 1.64. The van der Waals surface area contributed by atoms with E-state index in [-0.39, 0.29) is 17.5 Å². The second kappa shape index (κ2) is 14.9. The van der Waals surface area contributed by atoms with Crippen LogP contribution in [0, 0.1) is 10.8 Å². The van der Waals surface area contributed by atoms with E-state index in [0.29, 0.717) is 47.9 Å². The molecule has 0 aliphatic heterocycles. The van der Waals surface area contributed by atoms with E-state index in [4.69, 9.17) is 29.0 Å². The molecule has 2 heterocycles. The molecule has 0 aliphatic rings. The highest BCUT2D eigenvalue weighted by Crippen LogP contribution is 2.52. The monoisotopic (exact) mass is 647 g/mol. The van der Waals surface area contributed by atoms with Crippen molar-refractivity contribution >= 4 is 42.3 Å². The van der Waals surface area contributed by atoms with Crippen LogP contribution in [-0.4, -0.2) is 57.4 Å².